The van der Waals surface area contributed by atoms with Gasteiger partial charge in [0.05, 0.1) is 16.8 Å². The van der Waals surface area contributed by atoms with E-state index in [0.29, 0.717) is 32.8 Å². The Hall–Kier alpha value is -3.73. The summed E-state index contributed by atoms with van der Waals surface area (Å²) in [6, 6.07) is 20.4. The zero-order chi connectivity index (χ0) is 25.7. The van der Waals surface area contributed by atoms with Gasteiger partial charge in [-0.2, -0.15) is 5.26 Å². The van der Waals surface area contributed by atoms with Crippen LogP contribution >= 0.6 is 22.7 Å². The smallest absolute Gasteiger partial charge is 0.273 e. The third kappa shape index (κ3) is 5.40. The van der Waals surface area contributed by atoms with E-state index in [2.05, 4.69) is 13.0 Å². The van der Waals surface area contributed by atoms with E-state index in [1.54, 1.807) is 47.7 Å². The number of ether oxygens (including phenoxy) is 1. The predicted octanol–water partition coefficient (Wildman–Crippen LogP) is 5.01. The van der Waals surface area contributed by atoms with E-state index >= 15 is 0 Å². The Kier molecular flexibility index (Phi) is 7.99. The summed E-state index contributed by atoms with van der Waals surface area (Å²) < 4.78 is 7.76. The molecule has 0 unspecified atom stereocenters. The van der Waals surface area contributed by atoms with Crippen molar-refractivity contribution in [3.63, 3.8) is 0 Å². The highest BCUT2D eigenvalue weighted by Crippen LogP contribution is 2.17. The van der Waals surface area contributed by atoms with Crippen molar-refractivity contribution in [3.05, 3.63) is 101 Å². The van der Waals surface area contributed by atoms with E-state index in [1.807, 2.05) is 44.2 Å². The van der Waals surface area contributed by atoms with E-state index in [1.165, 1.54) is 4.57 Å². The SMILES string of the molecule is CCCc1ccc(C(=O)/C(C#N)=c2\s/c(=C/c3ccc(C)s3)c(=O)n2-c2ccc(OCC)cc2)cc1. The van der Waals surface area contributed by atoms with Gasteiger partial charge in [0.2, 0.25) is 5.78 Å². The minimum atomic E-state index is -0.403. The number of nitriles is 1. The molecule has 7 heteroatoms. The number of aromatic nitrogens is 1. The molecule has 5 nitrogen and oxygen atoms in total. The predicted molar refractivity (Wildman–Crippen MR) is 147 cm³/mol. The Morgan fingerprint density at radius 3 is 2.33 bits per heavy atom. The second kappa shape index (κ2) is 11.3. The van der Waals surface area contributed by atoms with Crippen LogP contribution in [0, 0.1) is 18.3 Å². The molecule has 2 aromatic carbocycles. The maximum Gasteiger partial charge on any atom is 0.273 e. The van der Waals surface area contributed by atoms with Gasteiger partial charge in [0.1, 0.15) is 22.1 Å². The summed E-state index contributed by atoms with van der Waals surface area (Å²) in [6.07, 6.45) is 3.75. The normalized spacial score (nSPS) is 12.3. The Bertz CT molecular complexity index is 1600. The molecule has 0 amide bonds. The highest BCUT2D eigenvalue weighted by molar-refractivity contribution is 7.13. The molecule has 0 aliphatic rings. The van der Waals surface area contributed by atoms with E-state index in [4.69, 9.17) is 4.74 Å². The standard InChI is InChI=1S/C29H26N2O3S2/c1-4-6-20-8-10-21(11-9-20)27(32)25(18-30)29-31(22-12-14-23(15-13-22)34-5-2)28(33)26(36-29)17-24-16-7-19(3)35-24/h7-17H,4-6H2,1-3H3/b26-17+,29-25-. The Morgan fingerprint density at radius 1 is 1.03 bits per heavy atom. The van der Waals surface area contributed by atoms with Gasteiger partial charge in [-0.05, 0) is 68.3 Å². The van der Waals surface area contributed by atoms with Gasteiger partial charge >= 0.3 is 0 Å². The molecular formula is C29H26N2O3S2. The van der Waals surface area contributed by atoms with Crippen molar-refractivity contribution in [2.75, 3.05) is 6.61 Å². The third-order valence-electron chi connectivity index (χ3n) is 5.57. The van der Waals surface area contributed by atoms with Gasteiger partial charge in [-0.3, -0.25) is 14.2 Å². The summed E-state index contributed by atoms with van der Waals surface area (Å²) in [6.45, 7) is 6.54. The number of thiazole rings is 1. The van der Waals surface area contributed by atoms with Crippen LogP contribution in [0.15, 0.2) is 65.5 Å². The molecule has 0 saturated carbocycles. The number of hydrogen-bond donors (Lipinski definition) is 0. The molecule has 0 bridgehead atoms. The third-order valence-corrected chi connectivity index (χ3v) is 7.61. The van der Waals surface area contributed by atoms with Crippen molar-refractivity contribution in [1.29, 1.82) is 5.26 Å². The fourth-order valence-corrected chi connectivity index (χ4v) is 5.84. The second-order valence-corrected chi connectivity index (χ2v) is 10.5. The molecule has 2 heterocycles. The summed E-state index contributed by atoms with van der Waals surface area (Å²) in [4.78, 5) is 29.1. The Morgan fingerprint density at radius 2 is 1.75 bits per heavy atom. The minimum Gasteiger partial charge on any atom is -0.494 e. The van der Waals surface area contributed by atoms with Crippen molar-refractivity contribution < 1.29 is 9.53 Å². The van der Waals surface area contributed by atoms with E-state index < -0.39 is 5.78 Å². The second-order valence-electron chi connectivity index (χ2n) is 8.19. The van der Waals surface area contributed by atoms with Crippen molar-refractivity contribution in [3.8, 4) is 17.5 Å². The number of rotatable bonds is 8. The maximum atomic E-state index is 13.6. The summed E-state index contributed by atoms with van der Waals surface area (Å²) in [5.41, 5.74) is 1.79. The van der Waals surface area contributed by atoms with Crippen LogP contribution in [0.3, 0.4) is 0 Å². The molecule has 0 atom stereocenters. The van der Waals surface area contributed by atoms with Gasteiger partial charge in [0, 0.05) is 15.3 Å². The van der Waals surface area contributed by atoms with E-state index in [9.17, 15) is 14.9 Å². The summed E-state index contributed by atoms with van der Waals surface area (Å²) in [5.74, 6) is 0.277. The zero-order valence-corrected chi connectivity index (χ0v) is 22.0. The first-order valence-corrected chi connectivity index (χ1v) is 13.4. The van der Waals surface area contributed by atoms with Crippen LogP contribution in [0.1, 0.15) is 45.9 Å². The molecular weight excluding hydrogens is 488 g/mol. The highest BCUT2D eigenvalue weighted by Gasteiger charge is 2.19. The number of carbonyl (C=O) groups is 1. The quantitative estimate of drug-likeness (QED) is 0.310. The first-order valence-electron chi connectivity index (χ1n) is 11.8. The van der Waals surface area contributed by atoms with Crippen LogP contribution in [-0.2, 0) is 6.42 Å². The Labute approximate surface area is 217 Å². The molecule has 0 N–H and O–H groups in total. The molecule has 0 radical (unpaired) electrons. The van der Waals surface area contributed by atoms with Crippen molar-refractivity contribution in [2.45, 2.75) is 33.6 Å². The van der Waals surface area contributed by atoms with Crippen LogP contribution < -0.4 is 19.5 Å². The zero-order valence-electron chi connectivity index (χ0n) is 20.4. The van der Waals surface area contributed by atoms with Gasteiger partial charge < -0.3 is 4.74 Å². The molecule has 36 heavy (non-hydrogen) atoms. The summed E-state index contributed by atoms with van der Waals surface area (Å²) in [7, 11) is 0. The van der Waals surface area contributed by atoms with Gasteiger partial charge in [-0.1, -0.05) is 37.6 Å². The molecule has 0 saturated heterocycles. The number of benzene rings is 2. The van der Waals surface area contributed by atoms with Crippen molar-refractivity contribution in [1.82, 2.24) is 4.57 Å². The lowest BCUT2D eigenvalue weighted by Crippen LogP contribution is -2.31. The van der Waals surface area contributed by atoms with E-state index in [0.717, 1.165) is 39.5 Å². The van der Waals surface area contributed by atoms with Gasteiger partial charge in [-0.15, -0.1) is 22.7 Å². The molecule has 4 aromatic rings. The highest BCUT2D eigenvalue weighted by atomic mass is 32.1. The lowest BCUT2D eigenvalue weighted by atomic mass is 10.0. The monoisotopic (exact) mass is 514 g/mol. The van der Waals surface area contributed by atoms with Crippen molar-refractivity contribution in [2.24, 2.45) is 0 Å². The van der Waals surface area contributed by atoms with Crippen molar-refractivity contribution >= 4 is 40.1 Å². The van der Waals surface area contributed by atoms with E-state index in [-0.39, 0.29) is 11.1 Å². The summed E-state index contributed by atoms with van der Waals surface area (Å²) >= 11 is 2.74. The number of nitrogens with zero attached hydrogens (tertiary/aromatic N) is 2. The largest absolute Gasteiger partial charge is 0.494 e. The van der Waals surface area contributed by atoms with Gasteiger partial charge in [-0.25, -0.2) is 0 Å². The number of Topliss-reactive ketones (excluding diaryl/α,β-unsaturated/α-hetero) is 1. The first-order chi connectivity index (χ1) is 17.4. The van der Waals surface area contributed by atoms with Crippen LogP contribution in [0.25, 0.3) is 17.3 Å². The lowest BCUT2D eigenvalue weighted by molar-refractivity contribution is 0.105. The molecule has 0 spiro atoms. The maximum absolute atomic E-state index is 13.6. The minimum absolute atomic E-state index is 0.0590. The fourth-order valence-electron chi connectivity index (χ4n) is 3.85. The topological polar surface area (TPSA) is 72.1 Å². The molecule has 0 aliphatic heterocycles. The molecule has 2 aromatic heterocycles. The molecule has 0 aliphatic carbocycles. The number of aryl methyl sites for hydroxylation is 2. The summed E-state index contributed by atoms with van der Waals surface area (Å²) in [5, 5.41) is 10.1. The molecule has 4 rings (SSSR count). The van der Waals surface area contributed by atoms with Crippen LogP contribution in [0.4, 0.5) is 0 Å². The van der Waals surface area contributed by atoms with Crippen LogP contribution in [-0.4, -0.2) is 17.0 Å². The van der Waals surface area contributed by atoms with Gasteiger partial charge in [0.25, 0.3) is 5.56 Å². The first kappa shape index (κ1) is 25.4. The number of thiophene rings is 1. The lowest BCUT2D eigenvalue weighted by Gasteiger charge is -2.07. The number of ketones is 1. The molecule has 182 valence electrons. The van der Waals surface area contributed by atoms with Crippen LogP contribution in [0.2, 0.25) is 0 Å². The van der Waals surface area contributed by atoms with Crippen LogP contribution in [0.5, 0.6) is 5.75 Å². The Balaban J connectivity index is 1.94. The number of carbonyl (C=O) groups excluding carboxylic acids is 1. The average Bonchev–Trinajstić information content (AvgIpc) is 3.43. The fraction of sp³-hybridized carbons (Fsp3) is 0.207. The average molecular weight is 515 g/mol. The van der Waals surface area contributed by atoms with Gasteiger partial charge in [0.15, 0.2) is 0 Å². The number of hydrogen-bond acceptors (Lipinski definition) is 6. The molecule has 0 fully saturated rings.